The van der Waals surface area contributed by atoms with Crippen molar-refractivity contribution in [1.82, 2.24) is 29.4 Å². The topological polar surface area (TPSA) is 92.9 Å². The van der Waals surface area contributed by atoms with Gasteiger partial charge in [-0.25, -0.2) is 9.08 Å². The molecule has 0 amide bonds. The Morgan fingerprint density at radius 3 is 2.42 bits per heavy atom. The predicted octanol–water partition coefficient (Wildman–Crippen LogP) is 2.50. The van der Waals surface area contributed by atoms with Crippen LogP contribution in [0.25, 0.3) is 22.5 Å². The average Bonchev–Trinajstić information content (AvgIpc) is 3.28. The van der Waals surface area contributed by atoms with Gasteiger partial charge < -0.3 is 5.32 Å². The van der Waals surface area contributed by atoms with Gasteiger partial charge in [0.2, 0.25) is 5.95 Å². The summed E-state index contributed by atoms with van der Waals surface area (Å²) in [5, 5.41) is 14.8. The molecule has 0 bridgehead atoms. The van der Waals surface area contributed by atoms with Gasteiger partial charge in [0.15, 0.2) is 5.65 Å². The first-order chi connectivity index (χ1) is 12.8. The third kappa shape index (κ3) is 2.16. The fourth-order valence-corrected chi connectivity index (χ4v) is 2.90. The van der Waals surface area contributed by atoms with Crippen molar-refractivity contribution in [3.63, 3.8) is 0 Å². The van der Waals surface area contributed by atoms with Gasteiger partial charge in [-0.1, -0.05) is 36.4 Å². The van der Waals surface area contributed by atoms with E-state index in [1.807, 2.05) is 60.7 Å². The normalized spacial score (nSPS) is 11.2. The van der Waals surface area contributed by atoms with Crippen molar-refractivity contribution in [3.05, 3.63) is 77.2 Å². The minimum absolute atomic E-state index is 0.237. The largest absolute Gasteiger partial charge is 0.324 e. The van der Waals surface area contributed by atoms with Crippen LogP contribution in [0.15, 0.2) is 71.7 Å². The third-order valence-electron chi connectivity index (χ3n) is 4.12. The van der Waals surface area contributed by atoms with Gasteiger partial charge in [0.25, 0.3) is 11.3 Å². The Morgan fingerprint density at radius 2 is 1.65 bits per heavy atom. The molecule has 5 aromatic rings. The van der Waals surface area contributed by atoms with Crippen molar-refractivity contribution in [2.75, 3.05) is 5.32 Å². The highest BCUT2D eigenvalue weighted by Gasteiger charge is 2.16. The molecule has 0 aliphatic rings. The van der Waals surface area contributed by atoms with Crippen LogP contribution in [0.4, 0.5) is 11.6 Å². The summed E-state index contributed by atoms with van der Waals surface area (Å²) in [5.41, 5.74) is 1.96. The van der Waals surface area contributed by atoms with E-state index in [9.17, 15) is 4.79 Å². The molecule has 0 aliphatic carbocycles. The lowest BCUT2D eigenvalue weighted by molar-refractivity contribution is 0.895. The molecule has 3 aromatic heterocycles. The Bertz CT molecular complexity index is 1270. The summed E-state index contributed by atoms with van der Waals surface area (Å²) in [6.45, 7) is 0. The van der Waals surface area contributed by atoms with Crippen LogP contribution in [0.1, 0.15) is 0 Å². The Hall–Kier alpha value is -3.94. The van der Waals surface area contributed by atoms with Crippen LogP contribution >= 0.6 is 0 Å². The maximum absolute atomic E-state index is 13.0. The standard InChI is InChI=1S/C18H13N7O/c26-16-14-11-19-25(13-9-5-2-6-10-13)15(14)21-18-23-22-17(24(16)18)20-12-7-3-1-4-8-12/h1-11,19H,(H,20,22). The quantitative estimate of drug-likeness (QED) is 0.525. The summed E-state index contributed by atoms with van der Waals surface area (Å²) < 4.78 is 3.12. The molecule has 5 rings (SSSR count). The molecule has 2 aromatic carbocycles. The van der Waals surface area contributed by atoms with Gasteiger partial charge in [0, 0.05) is 11.9 Å². The second-order valence-electron chi connectivity index (χ2n) is 5.75. The molecular weight excluding hydrogens is 330 g/mol. The lowest BCUT2D eigenvalue weighted by Gasteiger charge is -2.04. The Kier molecular flexibility index (Phi) is 3.08. The second-order valence-corrected chi connectivity index (χ2v) is 5.75. The molecule has 2 N–H and O–H groups in total. The first-order valence-corrected chi connectivity index (χ1v) is 8.04. The number of fused-ring (bicyclic) bond motifs is 2. The number of nitrogens with one attached hydrogen (secondary N) is 2. The summed E-state index contributed by atoms with van der Waals surface area (Å²) in [6.07, 6.45) is 1.64. The Balaban J connectivity index is 1.70. The molecular formula is C18H13N7O. The van der Waals surface area contributed by atoms with Crippen LogP contribution in [-0.2, 0) is 0 Å². The number of hydrogen-bond acceptors (Lipinski definition) is 5. The summed E-state index contributed by atoms with van der Waals surface area (Å²) >= 11 is 0. The summed E-state index contributed by atoms with van der Waals surface area (Å²) in [4.78, 5) is 17.5. The lowest BCUT2D eigenvalue weighted by Crippen LogP contribution is -2.16. The van der Waals surface area contributed by atoms with E-state index in [4.69, 9.17) is 0 Å². The van der Waals surface area contributed by atoms with Gasteiger partial charge in [0.05, 0.1) is 5.69 Å². The van der Waals surface area contributed by atoms with E-state index in [1.54, 1.807) is 10.9 Å². The highest BCUT2D eigenvalue weighted by atomic mass is 16.1. The van der Waals surface area contributed by atoms with E-state index >= 15 is 0 Å². The molecule has 0 saturated carbocycles. The molecule has 0 aliphatic heterocycles. The van der Waals surface area contributed by atoms with Gasteiger partial charge in [-0.15, -0.1) is 10.2 Å². The Morgan fingerprint density at radius 1 is 0.923 bits per heavy atom. The van der Waals surface area contributed by atoms with E-state index in [0.29, 0.717) is 17.0 Å². The minimum Gasteiger partial charge on any atom is -0.324 e. The van der Waals surface area contributed by atoms with Crippen molar-refractivity contribution in [1.29, 1.82) is 0 Å². The van der Waals surface area contributed by atoms with Crippen molar-refractivity contribution in [2.45, 2.75) is 0 Å². The molecule has 0 radical (unpaired) electrons. The summed E-state index contributed by atoms with van der Waals surface area (Å²) in [6, 6.07) is 19.1. The fourth-order valence-electron chi connectivity index (χ4n) is 2.90. The maximum atomic E-state index is 13.0. The van der Waals surface area contributed by atoms with Crippen LogP contribution in [-0.4, -0.2) is 29.4 Å². The number of para-hydroxylation sites is 2. The van der Waals surface area contributed by atoms with Gasteiger partial charge in [-0.2, -0.15) is 4.98 Å². The maximum Gasteiger partial charge on any atom is 0.273 e. The number of nitrogens with zero attached hydrogens (tertiary/aromatic N) is 5. The molecule has 26 heavy (non-hydrogen) atoms. The van der Waals surface area contributed by atoms with Gasteiger partial charge in [0.1, 0.15) is 5.39 Å². The number of aromatic amines is 1. The van der Waals surface area contributed by atoms with Crippen LogP contribution in [0.5, 0.6) is 0 Å². The summed E-state index contributed by atoms with van der Waals surface area (Å²) in [7, 11) is 0. The number of anilines is 2. The molecule has 126 valence electrons. The first-order valence-electron chi connectivity index (χ1n) is 8.04. The van der Waals surface area contributed by atoms with E-state index in [1.165, 1.54) is 4.40 Å². The third-order valence-corrected chi connectivity index (χ3v) is 4.12. The predicted molar refractivity (Wildman–Crippen MR) is 98.0 cm³/mol. The molecule has 0 unspecified atom stereocenters. The highest BCUT2D eigenvalue weighted by molar-refractivity contribution is 5.77. The number of hydrogen-bond donors (Lipinski definition) is 2. The minimum atomic E-state index is -0.237. The van der Waals surface area contributed by atoms with Crippen LogP contribution < -0.4 is 10.9 Å². The van der Waals surface area contributed by atoms with Gasteiger partial charge >= 0.3 is 0 Å². The highest BCUT2D eigenvalue weighted by Crippen LogP contribution is 2.17. The van der Waals surface area contributed by atoms with Gasteiger partial charge in [-0.3, -0.25) is 9.89 Å². The van der Waals surface area contributed by atoms with Crippen LogP contribution in [0.3, 0.4) is 0 Å². The number of aromatic nitrogens is 6. The van der Waals surface area contributed by atoms with Gasteiger partial charge in [-0.05, 0) is 24.3 Å². The molecule has 0 spiro atoms. The average molecular weight is 343 g/mol. The summed E-state index contributed by atoms with van der Waals surface area (Å²) in [5.74, 6) is 0.572. The first kappa shape index (κ1) is 14.4. The number of benzene rings is 2. The van der Waals surface area contributed by atoms with E-state index < -0.39 is 0 Å². The zero-order valence-electron chi connectivity index (χ0n) is 13.5. The van der Waals surface area contributed by atoms with Crippen molar-refractivity contribution in [3.8, 4) is 5.69 Å². The van der Waals surface area contributed by atoms with E-state index in [2.05, 4.69) is 25.6 Å². The van der Waals surface area contributed by atoms with Crippen molar-refractivity contribution >= 4 is 28.4 Å². The molecule has 8 heteroatoms. The van der Waals surface area contributed by atoms with Crippen molar-refractivity contribution in [2.24, 2.45) is 0 Å². The fraction of sp³-hybridized carbons (Fsp3) is 0. The van der Waals surface area contributed by atoms with E-state index in [0.717, 1.165) is 11.4 Å². The second kappa shape index (κ2) is 5.55. The van der Waals surface area contributed by atoms with Crippen molar-refractivity contribution < 1.29 is 0 Å². The molecule has 3 heterocycles. The lowest BCUT2D eigenvalue weighted by atomic mass is 10.3. The smallest absolute Gasteiger partial charge is 0.273 e. The molecule has 0 fully saturated rings. The zero-order valence-corrected chi connectivity index (χ0v) is 13.5. The number of H-pyrrole nitrogens is 1. The Labute approximate surface area is 146 Å². The van der Waals surface area contributed by atoms with Crippen LogP contribution in [0, 0.1) is 0 Å². The monoisotopic (exact) mass is 343 g/mol. The van der Waals surface area contributed by atoms with E-state index in [-0.39, 0.29) is 11.3 Å². The SMILES string of the molecule is O=c1c2c[nH]n(-c3ccccc3)c2nc2nnc(Nc3ccccc3)n12. The van der Waals surface area contributed by atoms with Crippen LogP contribution in [0.2, 0.25) is 0 Å². The molecule has 8 nitrogen and oxygen atoms in total. The molecule has 0 atom stereocenters. The number of rotatable bonds is 3. The molecule has 0 saturated heterocycles. The zero-order chi connectivity index (χ0) is 17.5.